The zero-order chi connectivity index (χ0) is 13.4. The van der Waals surface area contributed by atoms with E-state index in [1.165, 1.54) is 0 Å². The predicted molar refractivity (Wildman–Crippen MR) is 86.8 cm³/mol. The maximum Gasteiger partial charge on any atom is 0.105 e. The predicted octanol–water partition coefficient (Wildman–Crippen LogP) is 4.86. The lowest BCUT2D eigenvalue weighted by Crippen LogP contribution is -2.06. The number of hydrogen-bond acceptors (Lipinski definition) is 2. The van der Waals surface area contributed by atoms with E-state index in [0.717, 1.165) is 35.5 Å². The molecule has 1 N–H and O–H groups in total. The van der Waals surface area contributed by atoms with Gasteiger partial charge in [-0.15, -0.1) is 0 Å². The van der Waals surface area contributed by atoms with Crippen LogP contribution in [0.3, 0.4) is 0 Å². The second-order valence-corrected chi connectivity index (χ2v) is 7.20. The van der Waals surface area contributed by atoms with Gasteiger partial charge in [-0.05, 0) is 77.1 Å². The monoisotopic (exact) mass is 502 g/mol. The van der Waals surface area contributed by atoms with Gasteiger partial charge in [-0.2, -0.15) is 0 Å². The van der Waals surface area contributed by atoms with Gasteiger partial charge in [-0.25, -0.2) is 4.98 Å². The van der Waals surface area contributed by atoms with Crippen LogP contribution in [0.25, 0.3) is 11.0 Å². The third kappa shape index (κ3) is 2.70. The second-order valence-electron chi connectivity index (χ2n) is 4.03. The molecule has 1 aromatic heterocycles. The minimum atomic E-state index is -0.316. The van der Waals surface area contributed by atoms with Crippen LogP contribution in [0.5, 0.6) is 0 Å². The highest BCUT2D eigenvalue weighted by Crippen LogP contribution is 2.42. The summed E-state index contributed by atoms with van der Waals surface area (Å²) >= 11 is 14.2. The smallest absolute Gasteiger partial charge is 0.105 e. The van der Waals surface area contributed by atoms with Crippen molar-refractivity contribution in [3.8, 4) is 0 Å². The summed E-state index contributed by atoms with van der Waals surface area (Å²) in [6.07, 6.45) is 2.17. The number of aliphatic hydroxyl groups excluding tert-OH is 1. The van der Waals surface area contributed by atoms with Crippen LogP contribution >= 0.6 is 63.7 Å². The Kier molecular flexibility index (Phi) is 4.91. The summed E-state index contributed by atoms with van der Waals surface area (Å²) in [5, 5.41) is 9.37. The Balaban J connectivity index is 2.58. The van der Waals surface area contributed by atoms with Crippen molar-refractivity contribution in [2.24, 2.45) is 0 Å². The van der Waals surface area contributed by atoms with Gasteiger partial charge in [0.25, 0.3) is 0 Å². The van der Waals surface area contributed by atoms with Crippen molar-refractivity contribution in [3.63, 3.8) is 0 Å². The number of halogens is 4. The lowest BCUT2D eigenvalue weighted by atomic mass is 10.2. The molecule has 0 amide bonds. The van der Waals surface area contributed by atoms with Gasteiger partial charge in [0, 0.05) is 15.5 Å². The van der Waals surface area contributed by atoms with Gasteiger partial charge in [-0.3, -0.25) is 0 Å². The number of hydrogen-bond donors (Lipinski definition) is 1. The van der Waals surface area contributed by atoms with E-state index >= 15 is 0 Å². The first-order valence-electron chi connectivity index (χ1n) is 5.28. The number of imidazole rings is 1. The highest BCUT2D eigenvalue weighted by molar-refractivity contribution is 9.15. The molecule has 98 valence electrons. The number of aliphatic hydroxyl groups is 1. The molecule has 0 aliphatic carbocycles. The second kappa shape index (κ2) is 5.91. The largest absolute Gasteiger partial charge is 0.393 e. The van der Waals surface area contributed by atoms with Gasteiger partial charge < -0.3 is 9.67 Å². The first-order valence-corrected chi connectivity index (χ1v) is 8.45. The van der Waals surface area contributed by atoms with Gasteiger partial charge in [-0.1, -0.05) is 0 Å². The summed E-state index contributed by atoms with van der Waals surface area (Å²) in [6, 6.07) is 0. The quantitative estimate of drug-likeness (QED) is 0.478. The molecule has 2 aromatic rings. The molecule has 1 unspecified atom stereocenters. The molecule has 18 heavy (non-hydrogen) atoms. The van der Waals surface area contributed by atoms with Crippen LogP contribution in [0.1, 0.15) is 13.3 Å². The lowest BCUT2D eigenvalue weighted by Gasteiger charge is -2.10. The number of aromatic nitrogens is 2. The first kappa shape index (κ1) is 15.0. The molecular weight excluding hydrogens is 496 g/mol. The molecule has 0 saturated heterocycles. The molecule has 0 saturated carbocycles. The number of aryl methyl sites for hydroxylation is 1. The van der Waals surface area contributed by atoms with Crippen molar-refractivity contribution in [3.05, 3.63) is 24.2 Å². The van der Waals surface area contributed by atoms with Crippen molar-refractivity contribution in [2.75, 3.05) is 0 Å². The standard InChI is InChI=1S/C11H10Br4N2O/c1-5(18)2-3-17-4-16-10-8(14)6(12)7(13)9(15)11(10)17/h4-5,18H,2-3H2,1H3. The lowest BCUT2D eigenvalue weighted by molar-refractivity contribution is 0.178. The highest BCUT2D eigenvalue weighted by Gasteiger charge is 2.17. The normalized spacial score (nSPS) is 13.2. The summed E-state index contributed by atoms with van der Waals surface area (Å²) in [6.45, 7) is 2.52. The van der Waals surface area contributed by atoms with E-state index in [-0.39, 0.29) is 6.10 Å². The maximum atomic E-state index is 9.37. The minimum Gasteiger partial charge on any atom is -0.393 e. The van der Waals surface area contributed by atoms with Gasteiger partial charge in [0.1, 0.15) is 5.52 Å². The fourth-order valence-corrected chi connectivity index (χ4v) is 4.08. The van der Waals surface area contributed by atoms with E-state index in [1.807, 2.05) is 4.57 Å². The van der Waals surface area contributed by atoms with E-state index in [2.05, 4.69) is 68.7 Å². The molecule has 1 aromatic carbocycles. The van der Waals surface area contributed by atoms with Crippen LogP contribution < -0.4 is 0 Å². The summed E-state index contributed by atoms with van der Waals surface area (Å²) in [5.41, 5.74) is 1.90. The Bertz CT molecular complexity index is 594. The molecular formula is C11H10Br4N2O. The van der Waals surface area contributed by atoms with E-state index in [0.29, 0.717) is 6.42 Å². The number of fused-ring (bicyclic) bond motifs is 1. The Morgan fingerprint density at radius 2 is 1.78 bits per heavy atom. The van der Waals surface area contributed by atoms with Crippen LogP contribution in [-0.4, -0.2) is 20.8 Å². The van der Waals surface area contributed by atoms with Crippen molar-refractivity contribution < 1.29 is 5.11 Å². The topological polar surface area (TPSA) is 38.0 Å². The summed E-state index contributed by atoms with van der Waals surface area (Å²) in [5.74, 6) is 0. The van der Waals surface area contributed by atoms with Gasteiger partial charge in [0.2, 0.25) is 0 Å². The molecule has 0 bridgehead atoms. The average molecular weight is 506 g/mol. The summed E-state index contributed by atoms with van der Waals surface area (Å²) in [7, 11) is 0. The third-order valence-electron chi connectivity index (χ3n) is 2.62. The molecule has 0 spiro atoms. The van der Waals surface area contributed by atoms with E-state index in [9.17, 15) is 5.11 Å². The molecule has 2 rings (SSSR count). The Morgan fingerprint density at radius 3 is 2.39 bits per heavy atom. The van der Waals surface area contributed by atoms with Crippen molar-refractivity contribution in [1.29, 1.82) is 0 Å². The number of rotatable bonds is 3. The molecule has 0 aliphatic rings. The van der Waals surface area contributed by atoms with Crippen LogP contribution in [0.2, 0.25) is 0 Å². The van der Waals surface area contributed by atoms with Crippen molar-refractivity contribution in [1.82, 2.24) is 9.55 Å². The highest BCUT2D eigenvalue weighted by atomic mass is 79.9. The first-order chi connectivity index (χ1) is 8.43. The van der Waals surface area contributed by atoms with Crippen LogP contribution in [0.4, 0.5) is 0 Å². The van der Waals surface area contributed by atoms with Crippen LogP contribution in [0.15, 0.2) is 24.2 Å². The van der Waals surface area contributed by atoms with Gasteiger partial charge >= 0.3 is 0 Å². The van der Waals surface area contributed by atoms with Gasteiger partial charge in [0.05, 0.1) is 26.9 Å². The SMILES string of the molecule is CC(O)CCn1cnc2c(Br)c(Br)c(Br)c(Br)c21. The van der Waals surface area contributed by atoms with Crippen molar-refractivity contribution >= 4 is 74.8 Å². The molecule has 7 heteroatoms. The minimum absolute atomic E-state index is 0.316. The molecule has 0 aliphatic heterocycles. The summed E-state index contributed by atoms with van der Waals surface area (Å²) < 4.78 is 5.79. The number of benzene rings is 1. The third-order valence-corrected chi connectivity index (χ3v) is 7.35. The zero-order valence-electron chi connectivity index (χ0n) is 9.42. The van der Waals surface area contributed by atoms with E-state index in [1.54, 1.807) is 13.3 Å². The molecule has 0 fully saturated rings. The van der Waals surface area contributed by atoms with Crippen LogP contribution in [-0.2, 0) is 6.54 Å². The Morgan fingerprint density at radius 1 is 1.17 bits per heavy atom. The number of nitrogens with zero attached hydrogens (tertiary/aromatic N) is 2. The fraction of sp³-hybridized carbons (Fsp3) is 0.364. The maximum absolute atomic E-state index is 9.37. The van der Waals surface area contributed by atoms with E-state index in [4.69, 9.17) is 0 Å². The molecule has 0 radical (unpaired) electrons. The molecule has 1 atom stereocenters. The Labute approximate surface area is 138 Å². The fourth-order valence-electron chi connectivity index (χ4n) is 1.67. The zero-order valence-corrected chi connectivity index (χ0v) is 15.8. The summed E-state index contributed by atoms with van der Waals surface area (Å²) in [4.78, 5) is 4.41. The Hall–Kier alpha value is 0.570. The molecule has 3 nitrogen and oxygen atoms in total. The van der Waals surface area contributed by atoms with Gasteiger partial charge in [0.15, 0.2) is 0 Å². The van der Waals surface area contributed by atoms with Crippen molar-refractivity contribution in [2.45, 2.75) is 26.0 Å². The average Bonchev–Trinajstić information content (AvgIpc) is 2.75. The van der Waals surface area contributed by atoms with Crippen LogP contribution in [0, 0.1) is 0 Å². The molecule has 1 heterocycles. The van der Waals surface area contributed by atoms with E-state index < -0.39 is 0 Å².